The second-order valence-corrected chi connectivity index (χ2v) is 5.13. The first kappa shape index (κ1) is 16.8. The molecule has 0 spiro atoms. The molecule has 23 heavy (non-hydrogen) atoms. The Bertz CT molecular complexity index is 788. The number of fused-ring (bicyclic) bond motifs is 1. The lowest BCUT2D eigenvalue weighted by molar-refractivity contribution is 0.389. The van der Waals surface area contributed by atoms with Gasteiger partial charge in [-0.15, -0.1) is 0 Å². The maximum absolute atomic E-state index is 7.80. The molecule has 0 aliphatic rings. The largest absolute Gasteiger partial charge is 0.496 e. The molecule has 0 atom stereocenters. The van der Waals surface area contributed by atoms with Crippen LogP contribution in [-0.2, 0) is 4.74 Å². The molecule has 0 aliphatic heterocycles. The van der Waals surface area contributed by atoms with Crippen LogP contribution in [0.5, 0.6) is 5.75 Å². The van der Waals surface area contributed by atoms with Crippen LogP contribution in [0.1, 0.15) is 5.56 Å². The van der Waals surface area contributed by atoms with Crippen LogP contribution in [0.2, 0.25) is 5.02 Å². The molecule has 0 aromatic heterocycles. The monoisotopic (exact) mass is 327 g/mol. The molecule has 0 aliphatic carbocycles. The lowest BCUT2D eigenvalue weighted by Gasteiger charge is -2.11. The maximum Gasteiger partial charge on any atom is 0.217 e. The van der Waals surface area contributed by atoms with E-state index in [4.69, 9.17) is 26.5 Å². The summed E-state index contributed by atoms with van der Waals surface area (Å²) in [5.41, 5.74) is 0.697. The van der Waals surface area contributed by atoms with Gasteiger partial charge >= 0.3 is 0 Å². The van der Waals surface area contributed by atoms with Gasteiger partial charge in [0.05, 0.1) is 19.8 Å². The van der Waals surface area contributed by atoms with Crippen LogP contribution in [0.4, 0.5) is 0 Å². The van der Waals surface area contributed by atoms with Crippen molar-refractivity contribution >= 4 is 28.3 Å². The predicted octanol–water partition coefficient (Wildman–Crippen LogP) is 5.16. The Balaban J connectivity index is 0.000000229. The maximum atomic E-state index is 7.80. The standard InChI is InChI=1S/C13H13NO2.C6H5Cl/c1-15-11-8-7-9-5-3-4-6-10(9)12(11)13(14)16-2;7-6-4-2-1-3-5-6/h3-8,14H,1-2H3;1-5H. The van der Waals surface area contributed by atoms with E-state index in [0.29, 0.717) is 11.3 Å². The van der Waals surface area contributed by atoms with Gasteiger partial charge in [-0.3, -0.25) is 5.41 Å². The van der Waals surface area contributed by atoms with Crippen LogP contribution < -0.4 is 4.74 Å². The Morgan fingerprint density at radius 2 is 1.52 bits per heavy atom. The van der Waals surface area contributed by atoms with E-state index < -0.39 is 0 Å². The summed E-state index contributed by atoms with van der Waals surface area (Å²) in [5, 5.41) is 10.6. The third-order valence-corrected chi connectivity index (χ3v) is 3.53. The minimum absolute atomic E-state index is 0.119. The van der Waals surface area contributed by atoms with Gasteiger partial charge in [-0.05, 0) is 29.0 Å². The molecule has 0 radical (unpaired) electrons. The molecule has 0 bridgehead atoms. The quantitative estimate of drug-likeness (QED) is 0.522. The number of benzene rings is 3. The van der Waals surface area contributed by atoms with Gasteiger partial charge in [0.25, 0.3) is 0 Å². The van der Waals surface area contributed by atoms with E-state index in [1.165, 1.54) is 7.11 Å². The van der Waals surface area contributed by atoms with Crippen molar-refractivity contribution in [3.05, 3.63) is 77.3 Å². The van der Waals surface area contributed by atoms with Crippen LogP contribution in [0.3, 0.4) is 0 Å². The van der Waals surface area contributed by atoms with Crippen LogP contribution in [0.25, 0.3) is 10.8 Å². The predicted molar refractivity (Wildman–Crippen MR) is 95.8 cm³/mol. The van der Waals surface area contributed by atoms with E-state index in [0.717, 1.165) is 15.8 Å². The average Bonchev–Trinajstić information content (AvgIpc) is 2.61. The Hall–Kier alpha value is -2.52. The van der Waals surface area contributed by atoms with Gasteiger partial charge < -0.3 is 9.47 Å². The fraction of sp³-hybridized carbons (Fsp3) is 0.105. The number of ether oxygens (including phenoxy) is 2. The Kier molecular flexibility index (Phi) is 6.01. The summed E-state index contributed by atoms with van der Waals surface area (Å²) >= 11 is 5.54. The molecule has 4 heteroatoms. The number of nitrogens with one attached hydrogen (secondary N) is 1. The van der Waals surface area contributed by atoms with Crippen molar-refractivity contribution in [3.8, 4) is 5.75 Å². The highest BCUT2D eigenvalue weighted by atomic mass is 35.5. The van der Waals surface area contributed by atoms with Crippen molar-refractivity contribution in [2.75, 3.05) is 14.2 Å². The smallest absolute Gasteiger partial charge is 0.217 e. The van der Waals surface area contributed by atoms with Crippen molar-refractivity contribution in [2.45, 2.75) is 0 Å². The Morgan fingerprint density at radius 3 is 2.09 bits per heavy atom. The SMILES string of the molecule is COC(=N)c1c(OC)ccc2ccccc12.Clc1ccccc1. The minimum atomic E-state index is 0.119. The lowest BCUT2D eigenvalue weighted by Crippen LogP contribution is -2.05. The second-order valence-electron chi connectivity index (χ2n) is 4.69. The van der Waals surface area contributed by atoms with Gasteiger partial charge in [0, 0.05) is 5.02 Å². The van der Waals surface area contributed by atoms with Gasteiger partial charge in [0.15, 0.2) is 0 Å². The first-order valence-corrected chi connectivity index (χ1v) is 7.44. The summed E-state index contributed by atoms with van der Waals surface area (Å²) in [4.78, 5) is 0. The van der Waals surface area contributed by atoms with Gasteiger partial charge in [-0.2, -0.15) is 0 Å². The van der Waals surface area contributed by atoms with E-state index in [-0.39, 0.29) is 5.90 Å². The van der Waals surface area contributed by atoms with Crippen molar-refractivity contribution in [2.24, 2.45) is 0 Å². The molecule has 0 unspecified atom stereocenters. The van der Waals surface area contributed by atoms with Crippen molar-refractivity contribution in [1.82, 2.24) is 0 Å². The molecule has 0 heterocycles. The molecule has 0 saturated heterocycles. The first-order valence-electron chi connectivity index (χ1n) is 7.06. The van der Waals surface area contributed by atoms with Crippen molar-refractivity contribution in [3.63, 3.8) is 0 Å². The van der Waals surface area contributed by atoms with Crippen LogP contribution in [-0.4, -0.2) is 20.1 Å². The highest BCUT2D eigenvalue weighted by Gasteiger charge is 2.13. The lowest BCUT2D eigenvalue weighted by atomic mass is 10.0. The molecule has 118 valence electrons. The van der Waals surface area contributed by atoms with Crippen LogP contribution >= 0.6 is 11.6 Å². The second kappa shape index (κ2) is 8.20. The zero-order chi connectivity index (χ0) is 16.7. The third-order valence-electron chi connectivity index (χ3n) is 3.28. The molecule has 3 rings (SSSR count). The number of methoxy groups -OCH3 is 2. The molecular formula is C19H18ClNO2. The van der Waals surface area contributed by atoms with E-state index in [9.17, 15) is 0 Å². The third kappa shape index (κ3) is 4.24. The van der Waals surface area contributed by atoms with Gasteiger partial charge in [0.2, 0.25) is 5.90 Å². The Morgan fingerprint density at radius 1 is 0.870 bits per heavy atom. The first-order chi connectivity index (χ1) is 11.2. The highest BCUT2D eigenvalue weighted by Crippen LogP contribution is 2.28. The molecule has 3 aromatic rings. The van der Waals surface area contributed by atoms with E-state index in [1.54, 1.807) is 7.11 Å². The zero-order valence-corrected chi connectivity index (χ0v) is 13.8. The summed E-state index contributed by atoms with van der Waals surface area (Å²) in [5.74, 6) is 0.777. The van der Waals surface area contributed by atoms with Gasteiger partial charge in [-0.25, -0.2) is 0 Å². The number of hydrogen-bond acceptors (Lipinski definition) is 3. The number of halogens is 1. The molecule has 3 nitrogen and oxygen atoms in total. The highest BCUT2D eigenvalue weighted by molar-refractivity contribution is 6.30. The van der Waals surface area contributed by atoms with Gasteiger partial charge in [-0.1, -0.05) is 60.1 Å². The van der Waals surface area contributed by atoms with E-state index in [2.05, 4.69) is 0 Å². The average molecular weight is 328 g/mol. The zero-order valence-electron chi connectivity index (χ0n) is 13.0. The molecule has 0 fully saturated rings. The normalized spacial score (nSPS) is 9.70. The molecule has 0 saturated carbocycles. The summed E-state index contributed by atoms with van der Waals surface area (Å²) in [6.45, 7) is 0. The topological polar surface area (TPSA) is 42.3 Å². The summed E-state index contributed by atoms with van der Waals surface area (Å²) in [6.07, 6.45) is 0. The van der Waals surface area contributed by atoms with Crippen LogP contribution in [0.15, 0.2) is 66.7 Å². The molecule has 0 amide bonds. The fourth-order valence-electron chi connectivity index (χ4n) is 2.17. The van der Waals surface area contributed by atoms with Crippen LogP contribution in [0, 0.1) is 5.41 Å². The van der Waals surface area contributed by atoms with E-state index >= 15 is 0 Å². The summed E-state index contributed by atoms with van der Waals surface area (Å²) < 4.78 is 10.2. The molecule has 1 N–H and O–H groups in total. The number of hydrogen-bond donors (Lipinski definition) is 1. The molecular weight excluding hydrogens is 310 g/mol. The fourth-order valence-corrected chi connectivity index (χ4v) is 2.32. The number of rotatable bonds is 2. The Labute approximate surface area is 140 Å². The molecule has 3 aromatic carbocycles. The summed E-state index contributed by atoms with van der Waals surface area (Å²) in [6, 6.07) is 21.1. The van der Waals surface area contributed by atoms with Gasteiger partial charge in [0.1, 0.15) is 5.75 Å². The minimum Gasteiger partial charge on any atom is -0.496 e. The van der Waals surface area contributed by atoms with Crippen molar-refractivity contribution < 1.29 is 9.47 Å². The van der Waals surface area contributed by atoms with Crippen molar-refractivity contribution in [1.29, 1.82) is 5.41 Å². The van der Waals surface area contributed by atoms with E-state index in [1.807, 2.05) is 66.7 Å². The summed E-state index contributed by atoms with van der Waals surface area (Å²) in [7, 11) is 3.08.